The summed E-state index contributed by atoms with van der Waals surface area (Å²) in [6.45, 7) is 1.94. The topological polar surface area (TPSA) is 145 Å². The summed E-state index contributed by atoms with van der Waals surface area (Å²) >= 11 is 0. The first-order valence-electron chi connectivity index (χ1n) is 14.8. The number of benzene rings is 4. The zero-order valence-corrected chi connectivity index (χ0v) is 26.7. The van der Waals surface area contributed by atoms with Crippen LogP contribution in [0, 0.1) is 5.92 Å². The molecule has 0 aliphatic heterocycles. The largest absolute Gasteiger partial charge is 2.00 e. The number of hydrogen-bond acceptors (Lipinski definition) is 8. The van der Waals surface area contributed by atoms with E-state index in [-0.39, 0.29) is 39.9 Å². The number of aliphatic imine (C=N–C) groups is 2. The number of fused-ring (bicyclic) bond motifs is 2. The summed E-state index contributed by atoms with van der Waals surface area (Å²) in [4.78, 5) is 27.9. The molecule has 2 N–H and O–H groups in total. The van der Waals surface area contributed by atoms with Gasteiger partial charge in [-0.1, -0.05) is 72.8 Å². The Kier molecular flexibility index (Phi) is 12.9. The molecule has 9 heteroatoms. The van der Waals surface area contributed by atoms with E-state index in [4.69, 9.17) is 29.8 Å². The maximum atomic E-state index is 10.5. The molecule has 0 heterocycles. The first-order chi connectivity index (χ1) is 21.6. The van der Waals surface area contributed by atoms with Gasteiger partial charge in [-0.25, -0.2) is 0 Å². The SMILES string of the molecule is CC(=O)[O-].CC(=O)[O-].Oc1ccc(-c2ccccc2)cc1C=NC1CC2CCC1(N=Cc1cc(-c3ccccc3)ccc1O)C2.[Co+2]. The molecule has 0 aromatic heterocycles. The van der Waals surface area contributed by atoms with E-state index >= 15 is 0 Å². The molecule has 2 fully saturated rings. The van der Waals surface area contributed by atoms with Crippen LogP contribution in [-0.4, -0.2) is 46.2 Å². The van der Waals surface area contributed by atoms with Crippen LogP contribution in [-0.2, 0) is 26.4 Å². The van der Waals surface area contributed by atoms with E-state index < -0.39 is 11.9 Å². The maximum Gasteiger partial charge on any atom is 2.00 e. The van der Waals surface area contributed by atoms with E-state index in [1.807, 2.05) is 73.1 Å². The Morgan fingerprint density at radius 1 is 0.739 bits per heavy atom. The van der Waals surface area contributed by atoms with E-state index in [1.54, 1.807) is 12.1 Å². The number of carbonyl (C=O) groups is 2. The number of aromatic hydroxyl groups is 2. The second kappa shape index (κ2) is 16.5. The molecule has 2 aliphatic carbocycles. The fraction of sp³-hybridized carbons (Fsp3) is 0.243. The van der Waals surface area contributed by atoms with E-state index in [0.29, 0.717) is 5.92 Å². The van der Waals surface area contributed by atoms with Crippen molar-refractivity contribution in [3.63, 3.8) is 0 Å². The number of phenolic OH excluding ortho intramolecular Hbond substituents is 2. The van der Waals surface area contributed by atoms with E-state index in [9.17, 15) is 10.2 Å². The van der Waals surface area contributed by atoms with Crippen LogP contribution in [0.25, 0.3) is 22.3 Å². The maximum absolute atomic E-state index is 10.5. The average molecular weight is 664 g/mol. The Bertz CT molecular complexity index is 1660. The second-order valence-corrected chi connectivity index (χ2v) is 11.3. The third-order valence-corrected chi connectivity index (χ3v) is 7.93. The van der Waals surface area contributed by atoms with Crippen molar-refractivity contribution < 1.29 is 46.8 Å². The molecule has 4 aromatic carbocycles. The average Bonchev–Trinajstić information content (AvgIpc) is 3.59. The Balaban J connectivity index is 0.000000577. The van der Waals surface area contributed by atoms with Gasteiger partial charge in [-0.3, -0.25) is 9.98 Å². The molecule has 3 unspecified atom stereocenters. The number of carboxylic acid groups (broad SMARTS) is 2. The molecule has 4 aromatic rings. The van der Waals surface area contributed by atoms with Gasteiger partial charge in [0.1, 0.15) is 11.5 Å². The molecule has 6 rings (SSSR count). The number of phenols is 2. The minimum atomic E-state index is -1.08. The van der Waals surface area contributed by atoms with Crippen LogP contribution >= 0.6 is 0 Å². The van der Waals surface area contributed by atoms with Crippen LogP contribution < -0.4 is 10.2 Å². The van der Waals surface area contributed by atoms with Crippen LogP contribution in [0.5, 0.6) is 11.5 Å². The molecule has 2 aliphatic rings. The first kappa shape index (κ1) is 35.7. The summed E-state index contributed by atoms with van der Waals surface area (Å²) in [5.74, 6) is -1.09. The van der Waals surface area contributed by atoms with E-state index in [1.165, 1.54) is 0 Å². The van der Waals surface area contributed by atoms with Crippen LogP contribution in [0.1, 0.15) is 50.7 Å². The van der Waals surface area contributed by atoms with Crippen molar-refractivity contribution in [1.29, 1.82) is 0 Å². The fourth-order valence-corrected chi connectivity index (χ4v) is 5.90. The number of rotatable bonds is 6. The normalized spacial score (nSPS) is 19.4. The molecule has 0 amide bonds. The van der Waals surface area contributed by atoms with Crippen LogP contribution in [0.3, 0.4) is 0 Å². The second-order valence-electron chi connectivity index (χ2n) is 11.3. The molecule has 46 heavy (non-hydrogen) atoms. The number of carboxylic acids is 2. The minimum Gasteiger partial charge on any atom is -0.550 e. The van der Waals surface area contributed by atoms with Gasteiger partial charge < -0.3 is 30.0 Å². The summed E-state index contributed by atoms with van der Waals surface area (Å²) in [6.07, 6.45) is 7.83. The van der Waals surface area contributed by atoms with Gasteiger partial charge in [-0.05, 0) is 92.0 Å². The van der Waals surface area contributed by atoms with Crippen molar-refractivity contribution in [3.05, 3.63) is 108 Å². The Morgan fingerprint density at radius 2 is 1.20 bits per heavy atom. The Hall–Kier alpha value is -4.73. The van der Waals surface area contributed by atoms with Crippen molar-refractivity contribution in [1.82, 2.24) is 0 Å². The van der Waals surface area contributed by atoms with Gasteiger partial charge in [-0.15, -0.1) is 0 Å². The van der Waals surface area contributed by atoms with Crippen LogP contribution in [0.15, 0.2) is 107 Å². The summed E-state index contributed by atoms with van der Waals surface area (Å²) in [5, 5.41) is 38.8. The smallest absolute Gasteiger partial charge is 0.550 e. The fourth-order valence-electron chi connectivity index (χ4n) is 5.90. The molecular formula is C37H36CoN2O6. The van der Waals surface area contributed by atoms with Crippen LogP contribution in [0.4, 0.5) is 0 Å². The van der Waals surface area contributed by atoms with Crippen molar-refractivity contribution in [3.8, 4) is 33.8 Å². The van der Waals surface area contributed by atoms with Gasteiger partial charge in [0.15, 0.2) is 0 Å². The Labute approximate surface area is 279 Å². The molecule has 0 saturated heterocycles. The summed E-state index contributed by atoms with van der Waals surface area (Å²) < 4.78 is 0. The Morgan fingerprint density at radius 3 is 1.65 bits per heavy atom. The standard InChI is InChI=1S/C33H30N2O2.2C2H4O2.Co/c36-30-13-11-26(24-7-3-1-4-8-24)18-28(30)21-34-32-17-23-15-16-33(32,20-23)35-22-29-19-27(12-14-31(29)37)25-9-5-2-6-10-25;2*1-2(3)4;/h1-14,18-19,21-23,32,36-37H,15-17,20H2;2*1H3,(H,3,4);/q;;;+2/p-2. The molecule has 239 valence electrons. The van der Waals surface area contributed by atoms with Gasteiger partial charge in [0, 0.05) is 35.5 Å². The number of aliphatic carboxylic acids is 2. The molecule has 2 saturated carbocycles. The van der Waals surface area contributed by atoms with E-state index in [2.05, 4.69) is 24.3 Å². The third kappa shape index (κ3) is 9.63. The number of carbonyl (C=O) groups excluding carboxylic acids is 2. The minimum absolute atomic E-state index is 0. The van der Waals surface area contributed by atoms with Gasteiger partial charge in [-0.2, -0.15) is 0 Å². The quantitative estimate of drug-likeness (QED) is 0.284. The van der Waals surface area contributed by atoms with Gasteiger partial charge in [0.25, 0.3) is 0 Å². The third-order valence-electron chi connectivity index (χ3n) is 7.93. The molecular weight excluding hydrogens is 627 g/mol. The van der Waals surface area contributed by atoms with Gasteiger partial charge >= 0.3 is 16.8 Å². The number of nitrogens with zero attached hydrogens (tertiary/aromatic N) is 2. The zero-order chi connectivity index (χ0) is 32.4. The predicted octanol–water partition coefficient (Wildman–Crippen LogP) is 4.79. The zero-order valence-electron chi connectivity index (χ0n) is 25.6. The molecule has 8 nitrogen and oxygen atoms in total. The molecule has 3 atom stereocenters. The summed E-state index contributed by atoms with van der Waals surface area (Å²) in [5.41, 5.74) is 5.50. The molecule has 1 radical (unpaired) electrons. The van der Waals surface area contributed by atoms with Gasteiger partial charge in [0.2, 0.25) is 0 Å². The van der Waals surface area contributed by atoms with Crippen molar-refractivity contribution >= 4 is 24.4 Å². The first-order valence-corrected chi connectivity index (χ1v) is 14.8. The summed E-state index contributed by atoms with van der Waals surface area (Å²) in [7, 11) is 0. The van der Waals surface area contributed by atoms with Crippen LogP contribution in [0.2, 0.25) is 0 Å². The molecule has 2 bridgehead atoms. The van der Waals surface area contributed by atoms with Crippen molar-refractivity contribution in [2.24, 2.45) is 15.9 Å². The molecule has 0 spiro atoms. The van der Waals surface area contributed by atoms with E-state index in [0.717, 1.165) is 72.9 Å². The van der Waals surface area contributed by atoms with Crippen molar-refractivity contribution in [2.45, 2.75) is 51.1 Å². The van der Waals surface area contributed by atoms with Gasteiger partial charge in [0.05, 0.1) is 11.6 Å². The van der Waals surface area contributed by atoms with Crippen molar-refractivity contribution in [2.75, 3.05) is 0 Å². The number of hydrogen-bond donors (Lipinski definition) is 2. The summed E-state index contributed by atoms with van der Waals surface area (Å²) in [6, 6.07) is 31.7. The monoisotopic (exact) mass is 663 g/mol. The predicted molar refractivity (Wildman–Crippen MR) is 172 cm³/mol.